The third-order valence-electron chi connectivity index (χ3n) is 19.5. The Balaban J connectivity index is 0.892. The Bertz CT molecular complexity index is 3220. The lowest BCUT2D eigenvalue weighted by molar-refractivity contribution is -0.149. The molecule has 14 amide bonds. The second kappa shape index (κ2) is 35.3. The number of amides is 14. The molecule has 6 heterocycles. The van der Waals surface area contributed by atoms with Crippen LogP contribution < -0.4 is 48.7 Å². The first kappa shape index (κ1) is 78.3. The maximum Gasteiger partial charge on any atom is 0.326 e. The normalized spacial score (nSPS) is 23.0. The van der Waals surface area contributed by atoms with Gasteiger partial charge in [0.15, 0.2) is 0 Å². The van der Waals surface area contributed by atoms with Gasteiger partial charge >= 0.3 is 5.97 Å². The van der Waals surface area contributed by atoms with Gasteiger partial charge in [-0.15, -0.1) is 0 Å². The Morgan fingerprint density at radius 1 is 0.490 bits per heavy atom. The van der Waals surface area contributed by atoms with E-state index in [2.05, 4.69) is 37.2 Å². The highest BCUT2D eigenvalue weighted by Crippen LogP contribution is 2.29. The Kier molecular flexibility index (Phi) is 27.7. The molecule has 6 aliphatic heterocycles. The van der Waals surface area contributed by atoms with Crippen LogP contribution in [0.15, 0.2) is 24.3 Å². The fraction of sp³-hybridized carbons (Fsp3) is 0.687. The molecule has 6 fully saturated rings. The molecule has 0 saturated carbocycles. The van der Waals surface area contributed by atoms with Gasteiger partial charge < -0.3 is 93.4 Å². The number of aromatic hydroxyl groups is 1. The van der Waals surface area contributed by atoms with E-state index >= 15 is 0 Å². The number of carboxylic acid groups (broad SMARTS) is 1. The molecule has 14 N–H and O–H groups in total. The molecule has 0 unspecified atom stereocenters. The molecular formula is C67H101N15O18. The molecule has 0 bridgehead atoms. The van der Waals surface area contributed by atoms with Crippen LogP contribution in [0.4, 0.5) is 0 Å². The van der Waals surface area contributed by atoms with Gasteiger partial charge in [0.25, 0.3) is 0 Å². The molecule has 0 radical (unpaired) electrons. The van der Waals surface area contributed by atoms with E-state index in [-0.39, 0.29) is 102 Å². The van der Waals surface area contributed by atoms with Gasteiger partial charge in [-0.2, -0.15) is 0 Å². The summed E-state index contributed by atoms with van der Waals surface area (Å²) in [6.45, 7) is 11.7. The van der Waals surface area contributed by atoms with Gasteiger partial charge in [0.2, 0.25) is 82.7 Å². The number of hydrogen-bond acceptors (Lipinski definition) is 18. The number of carbonyl (C=O) groups is 15. The number of nitrogens with zero attached hydrogens (tertiary/aromatic N) is 6. The zero-order valence-electron chi connectivity index (χ0n) is 58.1. The van der Waals surface area contributed by atoms with Crippen LogP contribution in [0.3, 0.4) is 0 Å². The predicted octanol–water partition coefficient (Wildman–Crippen LogP) is -3.29. The van der Waals surface area contributed by atoms with Crippen LogP contribution in [0.5, 0.6) is 5.75 Å². The summed E-state index contributed by atoms with van der Waals surface area (Å²) in [6.07, 6.45) is 1.89. The number of phenolic OH excluding ortho intramolecular Hbond substituents is 1. The largest absolute Gasteiger partial charge is 0.508 e. The van der Waals surface area contributed by atoms with E-state index in [1.807, 2.05) is 13.8 Å². The lowest BCUT2D eigenvalue weighted by Gasteiger charge is -2.34. The molecule has 7 rings (SSSR count). The standard InChI is InChI=1S/C67H101N15O18/c1-35(2)32-42(68)62(94)77-26-9-17-48(77)59(91)75-53(36(3)4)65(97)80-29-8-14-45(80)56(88)70-34-52(86)71-38(6)61(93)82-31-13-19-50(82)64(96)79-28-11-18-49(79)60(92)76-54(39(7)83)66(98)81-30-12-15-46(81)57(89)72-37(5)55(87)73-43(24-25-51(69)85)63(95)78-27-10-16-47(78)58(90)74-44(67(99)100)33-40-20-22-41(84)23-21-40/h20-23,35-39,42-50,53-54,83-84H,8-19,24-34,68H2,1-7H3,(H2,69,85)(H,70,88)(H,71,86)(H,72,89)(H,73,87)(H,74,90)(H,75,91)(H,76,92)(H,99,100)/t37-,38-,39+,42-,43-,44-,45-,46-,47-,48-,49-,50-,53-,54-/m0/s1. The van der Waals surface area contributed by atoms with Crippen molar-refractivity contribution in [1.29, 1.82) is 0 Å². The van der Waals surface area contributed by atoms with Crippen molar-refractivity contribution in [2.24, 2.45) is 23.3 Å². The van der Waals surface area contributed by atoms with Crippen LogP contribution in [-0.4, -0.2) is 264 Å². The second-order valence-electron chi connectivity index (χ2n) is 27.9. The Hall–Kier alpha value is -9.01. The molecule has 100 heavy (non-hydrogen) atoms. The highest BCUT2D eigenvalue weighted by Gasteiger charge is 2.48. The maximum absolute atomic E-state index is 14.4. The van der Waals surface area contributed by atoms with Crippen LogP contribution in [0, 0.1) is 11.8 Å². The Labute approximate surface area is 581 Å². The minimum Gasteiger partial charge on any atom is -0.508 e. The zero-order chi connectivity index (χ0) is 73.6. The van der Waals surface area contributed by atoms with E-state index in [0.717, 1.165) is 4.90 Å². The van der Waals surface area contributed by atoms with Crippen molar-refractivity contribution in [3.63, 3.8) is 0 Å². The van der Waals surface area contributed by atoms with Crippen molar-refractivity contribution in [2.45, 2.75) is 236 Å². The average molecular weight is 1400 g/mol. The zero-order valence-corrected chi connectivity index (χ0v) is 58.1. The third kappa shape index (κ3) is 19.7. The second-order valence-corrected chi connectivity index (χ2v) is 27.9. The predicted molar refractivity (Wildman–Crippen MR) is 356 cm³/mol. The number of carbonyl (C=O) groups excluding carboxylic acids is 14. The molecule has 33 nitrogen and oxygen atoms in total. The lowest BCUT2D eigenvalue weighted by atomic mass is 10.0. The van der Waals surface area contributed by atoms with E-state index in [4.69, 9.17) is 11.5 Å². The summed E-state index contributed by atoms with van der Waals surface area (Å²) >= 11 is 0. The monoisotopic (exact) mass is 1400 g/mol. The van der Waals surface area contributed by atoms with E-state index in [1.165, 1.54) is 69.5 Å². The first-order chi connectivity index (χ1) is 47.3. The van der Waals surface area contributed by atoms with E-state index in [1.54, 1.807) is 13.8 Å². The van der Waals surface area contributed by atoms with Gasteiger partial charge in [0.05, 0.1) is 18.7 Å². The first-order valence-electron chi connectivity index (χ1n) is 34.9. The van der Waals surface area contributed by atoms with Crippen LogP contribution in [0.25, 0.3) is 0 Å². The van der Waals surface area contributed by atoms with Crippen LogP contribution in [0.1, 0.15) is 150 Å². The minimum atomic E-state index is -1.62. The number of likely N-dealkylation sites (tertiary alicyclic amines) is 6. The highest BCUT2D eigenvalue weighted by atomic mass is 16.4. The molecule has 0 aromatic heterocycles. The number of aliphatic hydroxyl groups is 1. The fourth-order valence-electron chi connectivity index (χ4n) is 14.2. The third-order valence-corrected chi connectivity index (χ3v) is 19.5. The first-order valence-corrected chi connectivity index (χ1v) is 34.9. The highest BCUT2D eigenvalue weighted by molar-refractivity contribution is 6.00. The number of carboxylic acids is 1. The van der Waals surface area contributed by atoms with Crippen molar-refractivity contribution in [3.05, 3.63) is 29.8 Å². The molecule has 33 heteroatoms. The van der Waals surface area contributed by atoms with Crippen molar-refractivity contribution >= 4 is 88.7 Å². The molecule has 6 aliphatic rings. The summed E-state index contributed by atoms with van der Waals surface area (Å²) in [5, 5.41) is 48.8. The molecule has 1 aromatic rings. The molecule has 14 atom stereocenters. The molecule has 0 spiro atoms. The number of primary amides is 1. The van der Waals surface area contributed by atoms with Gasteiger partial charge in [-0.1, -0.05) is 39.8 Å². The SMILES string of the molecule is CC(C)C[C@H](N)C(=O)N1CCC[C@H]1C(=O)N[C@H](C(=O)N1CCC[C@H]1C(=O)NCC(=O)N[C@@H](C)C(=O)N1CCC[C@H]1C(=O)N1CCC[C@H]1C(=O)N[C@H](C(=O)N1CCC[C@H]1C(=O)N[C@@H](C)C(=O)N[C@@H](CCC(N)=O)C(=O)N1CCC[C@H]1C(=O)N[C@@H](Cc1ccc(O)cc1)C(=O)O)[C@@H](C)O)C(C)C. The number of nitrogens with two attached hydrogens (primary N) is 2. The maximum atomic E-state index is 14.4. The Morgan fingerprint density at radius 3 is 1.41 bits per heavy atom. The topological polar surface area (TPSA) is 472 Å². The number of nitrogens with one attached hydrogen (secondary N) is 7. The number of benzene rings is 1. The lowest BCUT2D eigenvalue weighted by Crippen LogP contribution is -2.61. The van der Waals surface area contributed by atoms with E-state index < -0.39 is 180 Å². The number of hydrogen-bond donors (Lipinski definition) is 12. The van der Waals surface area contributed by atoms with Crippen LogP contribution >= 0.6 is 0 Å². The quantitative estimate of drug-likeness (QED) is 0.0359. The molecule has 6 saturated heterocycles. The van der Waals surface area contributed by atoms with Crippen molar-refractivity contribution in [1.82, 2.24) is 66.6 Å². The summed E-state index contributed by atoms with van der Waals surface area (Å²) in [6, 6.07) is -9.41. The molecular weight excluding hydrogens is 1300 g/mol. The van der Waals surface area contributed by atoms with Crippen molar-refractivity contribution in [2.75, 3.05) is 45.8 Å². The molecule has 0 aliphatic carbocycles. The summed E-state index contributed by atoms with van der Waals surface area (Å²) in [7, 11) is 0. The Morgan fingerprint density at radius 2 is 0.920 bits per heavy atom. The minimum absolute atomic E-state index is 0.00771. The molecule has 1 aromatic carbocycles. The summed E-state index contributed by atoms with van der Waals surface area (Å²) in [5.41, 5.74) is 12.1. The number of aliphatic hydroxyl groups excluding tert-OH is 1. The number of aliphatic carboxylic acids is 1. The van der Waals surface area contributed by atoms with Crippen molar-refractivity contribution < 1.29 is 87.2 Å². The van der Waals surface area contributed by atoms with Crippen molar-refractivity contribution in [3.8, 4) is 5.75 Å². The van der Waals surface area contributed by atoms with E-state index in [0.29, 0.717) is 63.5 Å². The van der Waals surface area contributed by atoms with Gasteiger partial charge in [0.1, 0.15) is 78.3 Å². The van der Waals surface area contributed by atoms with Gasteiger partial charge in [-0.05, 0) is 140 Å². The fourth-order valence-corrected chi connectivity index (χ4v) is 14.2. The van der Waals surface area contributed by atoms with Gasteiger partial charge in [-0.25, -0.2) is 4.79 Å². The molecule has 552 valence electrons. The smallest absolute Gasteiger partial charge is 0.326 e. The summed E-state index contributed by atoms with van der Waals surface area (Å²) in [4.78, 5) is 213. The van der Waals surface area contributed by atoms with Crippen LogP contribution in [-0.2, 0) is 78.3 Å². The van der Waals surface area contributed by atoms with Crippen LogP contribution in [0.2, 0.25) is 0 Å². The summed E-state index contributed by atoms with van der Waals surface area (Å²) in [5.74, 6) is -11.1. The van der Waals surface area contributed by atoms with E-state index in [9.17, 15) is 87.2 Å². The number of phenols is 1. The van der Waals surface area contributed by atoms with Gasteiger partial charge in [0, 0.05) is 52.1 Å². The van der Waals surface area contributed by atoms with Gasteiger partial charge in [-0.3, -0.25) is 67.1 Å². The average Bonchev–Trinajstić information content (AvgIpc) is 1.65. The number of rotatable bonds is 30. The summed E-state index contributed by atoms with van der Waals surface area (Å²) < 4.78 is 0.